The lowest BCUT2D eigenvalue weighted by Crippen LogP contribution is -2.16. The second-order valence-electron chi connectivity index (χ2n) is 4.70. The molecule has 0 unspecified atom stereocenters. The molecule has 0 saturated carbocycles. The lowest BCUT2D eigenvalue weighted by atomic mass is 10.2. The van der Waals surface area contributed by atoms with Crippen LogP contribution in [0.3, 0.4) is 0 Å². The van der Waals surface area contributed by atoms with Crippen LogP contribution in [0.15, 0.2) is 64.1 Å². The van der Waals surface area contributed by atoms with Gasteiger partial charge in [0.2, 0.25) is 0 Å². The molecule has 1 aromatic heterocycles. The van der Waals surface area contributed by atoms with Crippen LogP contribution >= 0.6 is 0 Å². The first-order chi connectivity index (χ1) is 11.1. The smallest absolute Gasteiger partial charge is 0.307 e. The Hall–Kier alpha value is -3.48. The van der Waals surface area contributed by atoms with Crippen molar-refractivity contribution in [1.29, 1.82) is 0 Å². The van der Waals surface area contributed by atoms with E-state index < -0.39 is 10.8 Å². The fraction of sp³-hybridized carbons (Fsp3) is 0. The van der Waals surface area contributed by atoms with Gasteiger partial charge in [-0.1, -0.05) is 30.3 Å². The number of benzene rings is 2. The van der Waals surface area contributed by atoms with Gasteiger partial charge in [-0.25, -0.2) is 5.43 Å². The minimum Gasteiger partial charge on any atom is -0.451 e. The highest BCUT2D eigenvalue weighted by atomic mass is 16.6. The van der Waals surface area contributed by atoms with Crippen LogP contribution in [0.1, 0.15) is 16.1 Å². The number of fused-ring (bicyclic) bond motifs is 1. The van der Waals surface area contributed by atoms with E-state index in [-0.39, 0.29) is 11.4 Å². The fourth-order valence-corrected chi connectivity index (χ4v) is 2.03. The Morgan fingerprint density at radius 2 is 2.00 bits per heavy atom. The summed E-state index contributed by atoms with van der Waals surface area (Å²) < 4.78 is 5.41. The molecule has 0 aliphatic heterocycles. The number of hydrogen-bond donors (Lipinski definition) is 1. The first-order valence-electron chi connectivity index (χ1n) is 6.70. The molecule has 2 aromatic carbocycles. The van der Waals surface area contributed by atoms with Crippen LogP contribution < -0.4 is 5.43 Å². The minimum atomic E-state index is -0.497. The normalized spacial score (nSPS) is 11.0. The van der Waals surface area contributed by atoms with Crippen molar-refractivity contribution in [2.75, 3.05) is 0 Å². The maximum absolute atomic E-state index is 12.0. The number of amides is 1. The summed E-state index contributed by atoms with van der Waals surface area (Å²) in [5, 5.41) is 15.3. The first kappa shape index (κ1) is 14.5. The molecular weight excluding hydrogens is 298 g/mol. The highest BCUT2D eigenvalue weighted by Gasteiger charge is 2.11. The maximum Gasteiger partial charge on any atom is 0.307 e. The zero-order valence-corrected chi connectivity index (χ0v) is 11.8. The SMILES string of the molecule is O=C(NN=Cc1cccc([N+](=O)[O-])c1)c1cc2ccccc2o1. The van der Waals surface area contributed by atoms with Gasteiger partial charge in [0.25, 0.3) is 5.69 Å². The van der Waals surface area contributed by atoms with Gasteiger partial charge in [-0.15, -0.1) is 0 Å². The van der Waals surface area contributed by atoms with Gasteiger partial charge in [0.15, 0.2) is 5.76 Å². The van der Waals surface area contributed by atoms with Crippen molar-refractivity contribution >= 4 is 28.8 Å². The molecule has 0 spiro atoms. The number of rotatable bonds is 4. The van der Waals surface area contributed by atoms with Gasteiger partial charge < -0.3 is 4.42 Å². The Balaban J connectivity index is 1.71. The Morgan fingerprint density at radius 3 is 2.78 bits per heavy atom. The number of non-ortho nitro benzene ring substituents is 1. The topological polar surface area (TPSA) is 97.7 Å². The summed E-state index contributed by atoms with van der Waals surface area (Å²) in [5.74, 6) is -0.356. The van der Waals surface area contributed by atoms with Crippen molar-refractivity contribution in [3.63, 3.8) is 0 Å². The third-order valence-corrected chi connectivity index (χ3v) is 3.11. The van der Waals surface area contributed by atoms with Crippen LogP contribution in [0.25, 0.3) is 11.0 Å². The van der Waals surface area contributed by atoms with Crippen molar-refractivity contribution in [3.8, 4) is 0 Å². The molecule has 114 valence electrons. The van der Waals surface area contributed by atoms with Crippen molar-refractivity contribution in [2.45, 2.75) is 0 Å². The molecule has 3 rings (SSSR count). The summed E-state index contributed by atoms with van der Waals surface area (Å²) >= 11 is 0. The number of nitro groups is 1. The molecule has 1 heterocycles. The molecule has 3 aromatic rings. The predicted molar refractivity (Wildman–Crippen MR) is 84.4 cm³/mol. The van der Waals surface area contributed by atoms with Crippen LogP contribution in [-0.4, -0.2) is 17.0 Å². The minimum absolute atomic E-state index is 0.0439. The van der Waals surface area contributed by atoms with E-state index in [0.29, 0.717) is 11.1 Å². The number of carbonyl (C=O) groups is 1. The van der Waals surface area contributed by atoms with Gasteiger partial charge in [-0.2, -0.15) is 5.10 Å². The number of carbonyl (C=O) groups excluding carboxylic acids is 1. The van der Waals surface area contributed by atoms with Crippen LogP contribution in [-0.2, 0) is 0 Å². The summed E-state index contributed by atoms with van der Waals surface area (Å²) in [5.41, 5.74) is 3.40. The fourth-order valence-electron chi connectivity index (χ4n) is 2.03. The lowest BCUT2D eigenvalue weighted by Gasteiger charge is -1.96. The molecule has 0 aliphatic carbocycles. The summed E-state index contributed by atoms with van der Waals surface area (Å²) in [6.07, 6.45) is 1.33. The summed E-state index contributed by atoms with van der Waals surface area (Å²) in [6.45, 7) is 0. The van der Waals surface area contributed by atoms with E-state index in [1.54, 1.807) is 24.3 Å². The van der Waals surface area contributed by atoms with Crippen molar-refractivity contribution in [2.24, 2.45) is 5.10 Å². The summed E-state index contributed by atoms with van der Waals surface area (Å²) in [6, 6.07) is 14.8. The van der Waals surface area contributed by atoms with E-state index >= 15 is 0 Å². The quantitative estimate of drug-likeness (QED) is 0.455. The Bertz CT molecular complexity index is 881. The third-order valence-electron chi connectivity index (χ3n) is 3.11. The van der Waals surface area contributed by atoms with E-state index in [4.69, 9.17) is 4.42 Å². The highest BCUT2D eigenvalue weighted by molar-refractivity contribution is 5.96. The van der Waals surface area contributed by atoms with E-state index in [1.165, 1.54) is 18.3 Å². The second-order valence-corrected chi connectivity index (χ2v) is 4.70. The van der Waals surface area contributed by atoms with Crippen molar-refractivity contribution in [1.82, 2.24) is 5.43 Å². The monoisotopic (exact) mass is 309 g/mol. The van der Waals surface area contributed by atoms with Gasteiger partial charge in [-0.05, 0) is 12.1 Å². The molecule has 7 heteroatoms. The summed E-state index contributed by atoms with van der Waals surface area (Å²) in [7, 11) is 0. The average molecular weight is 309 g/mol. The Morgan fingerprint density at radius 1 is 1.17 bits per heavy atom. The highest BCUT2D eigenvalue weighted by Crippen LogP contribution is 2.18. The summed E-state index contributed by atoms with van der Waals surface area (Å²) in [4.78, 5) is 22.1. The van der Waals surface area contributed by atoms with Crippen LogP contribution in [0.2, 0.25) is 0 Å². The van der Waals surface area contributed by atoms with Crippen LogP contribution in [0.5, 0.6) is 0 Å². The molecule has 0 saturated heterocycles. The molecule has 0 bridgehead atoms. The standard InChI is InChI=1S/C16H11N3O4/c20-16(15-9-12-5-1-2-7-14(12)23-15)18-17-10-11-4-3-6-13(8-11)19(21)22/h1-10H,(H,18,20). The van der Waals surface area contributed by atoms with Gasteiger partial charge in [0.1, 0.15) is 5.58 Å². The molecule has 0 radical (unpaired) electrons. The molecular formula is C16H11N3O4. The molecule has 0 fully saturated rings. The molecule has 23 heavy (non-hydrogen) atoms. The maximum atomic E-state index is 12.0. The average Bonchev–Trinajstić information content (AvgIpc) is 2.99. The van der Waals surface area contributed by atoms with Gasteiger partial charge >= 0.3 is 5.91 Å². The largest absolute Gasteiger partial charge is 0.451 e. The van der Waals surface area contributed by atoms with Gasteiger partial charge in [-0.3, -0.25) is 14.9 Å². The van der Waals surface area contributed by atoms with Crippen molar-refractivity contribution < 1.29 is 14.1 Å². The number of nitrogens with one attached hydrogen (secondary N) is 1. The van der Waals surface area contributed by atoms with E-state index in [1.807, 2.05) is 18.2 Å². The Labute approximate surface area is 130 Å². The number of hydrazone groups is 1. The Kier molecular flexibility index (Phi) is 3.84. The molecule has 0 aliphatic rings. The molecule has 1 N–H and O–H groups in total. The number of hydrogen-bond acceptors (Lipinski definition) is 5. The number of nitrogens with zero attached hydrogens (tertiary/aromatic N) is 2. The predicted octanol–water partition coefficient (Wildman–Crippen LogP) is 3.10. The van der Waals surface area contributed by atoms with Crippen LogP contribution in [0.4, 0.5) is 5.69 Å². The molecule has 1 amide bonds. The van der Waals surface area contributed by atoms with Crippen LogP contribution in [0, 0.1) is 10.1 Å². The lowest BCUT2D eigenvalue weighted by molar-refractivity contribution is -0.384. The second kappa shape index (κ2) is 6.10. The first-order valence-corrected chi connectivity index (χ1v) is 6.70. The zero-order valence-electron chi connectivity index (χ0n) is 11.8. The van der Waals surface area contributed by atoms with Gasteiger partial charge in [0.05, 0.1) is 11.1 Å². The third kappa shape index (κ3) is 3.24. The zero-order chi connectivity index (χ0) is 16.2. The van der Waals surface area contributed by atoms with Gasteiger partial charge in [0, 0.05) is 23.1 Å². The van der Waals surface area contributed by atoms with E-state index in [2.05, 4.69) is 10.5 Å². The number of para-hydroxylation sites is 1. The van der Waals surface area contributed by atoms with E-state index in [0.717, 1.165) is 5.39 Å². The number of nitro benzene ring substituents is 1. The molecule has 0 atom stereocenters. The van der Waals surface area contributed by atoms with E-state index in [9.17, 15) is 14.9 Å². The van der Waals surface area contributed by atoms with Crippen molar-refractivity contribution in [3.05, 3.63) is 76.0 Å². The number of furan rings is 1. The molecule has 7 nitrogen and oxygen atoms in total.